The molecule has 0 atom stereocenters. The number of ether oxygens (including phenoxy) is 4. The monoisotopic (exact) mass is 370 g/mol. The first kappa shape index (κ1) is 16.0. The third-order valence-electron chi connectivity index (χ3n) is 4.92. The van der Waals surface area contributed by atoms with E-state index in [1.807, 2.05) is 18.2 Å². The van der Waals surface area contributed by atoms with Crippen molar-refractivity contribution in [1.82, 2.24) is 10.1 Å². The molecule has 3 aliphatic rings. The highest BCUT2D eigenvalue weighted by Crippen LogP contribution is 2.38. The zero-order valence-corrected chi connectivity index (χ0v) is 14.8. The van der Waals surface area contributed by atoms with Gasteiger partial charge in [0.2, 0.25) is 12.6 Å². The van der Waals surface area contributed by atoms with Gasteiger partial charge in [-0.05, 0) is 25.1 Å². The summed E-state index contributed by atoms with van der Waals surface area (Å²) in [5, 5.41) is 4.24. The third kappa shape index (κ3) is 2.68. The van der Waals surface area contributed by atoms with E-state index in [0.29, 0.717) is 55.7 Å². The van der Waals surface area contributed by atoms with Gasteiger partial charge in [0.25, 0.3) is 5.91 Å². The molecule has 0 saturated carbocycles. The van der Waals surface area contributed by atoms with Crippen LogP contribution in [0.1, 0.15) is 18.2 Å². The van der Waals surface area contributed by atoms with Gasteiger partial charge in [-0.3, -0.25) is 4.79 Å². The molecule has 1 aromatic heterocycles. The molecule has 0 aliphatic carbocycles. The minimum Gasteiger partial charge on any atom is -0.491 e. The van der Waals surface area contributed by atoms with Crippen LogP contribution in [0.2, 0.25) is 0 Å². The van der Waals surface area contributed by atoms with Gasteiger partial charge in [0.05, 0.1) is 6.54 Å². The smallest absolute Gasteiger partial charge is 0.292 e. The molecule has 0 bridgehead atoms. The molecule has 0 unspecified atom stereocenters. The Labute approximate surface area is 155 Å². The van der Waals surface area contributed by atoms with Gasteiger partial charge in [0.15, 0.2) is 11.5 Å². The molecule has 27 heavy (non-hydrogen) atoms. The van der Waals surface area contributed by atoms with Crippen LogP contribution in [0, 0.1) is 0 Å². The van der Waals surface area contributed by atoms with E-state index in [1.54, 1.807) is 11.8 Å². The van der Waals surface area contributed by atoms with Gasteiger partial charge in [-0.2, -0.15) is 0 Å². The summed E-state index contributed by atoms with van der Waals surface area (Å²) in [5.41, 5.74) is 2.49. The van der Waals surface area contributed by atoms with E-state index in [-0.39, 0.29) is 18.5 Å². The van der Waals surface area contributed by atoms with Crippen LogP contribution in [-0.2, 0) is 27.2 Å². The van der Waals surface area contributed by atoms with Crippen molar-refractivity contribution in [2.45, 2.75) is 19.9 Å². The predicted octanol–water partition coefficient (Wildman–Crippen LogP) is 2.23. The summed E-state index contributed by atoms with van der Waals surface area (Å²) in [5.74, 6) is 2.84. The normalized spacial score (nSPS) is 18.0. The first-order valence-electron chi connectivity index (χ1n) is 8.84. The Balaban J connectivity index is 1.44. The minimum atomic E-state index is -0.171. The Kier molecular flexibility index (Phi) is 3.70. The van der Waals surface area contributed by atoms with Gasteiger partial charge in [-0.15, -0.1) is 0 Å². The molecule has 4 heterocycles. The van der Waals surface area contributed by atoms with Gasteiger partial charge in [0, 0.05) is 24.1 Å². The second-order valence-corrected chi connectivity index (χ2v) is 6.56. The van der Waals surface area contributed by atoms with E-state index in [0.717, 1.165) is 16.9 Å². The van der Waals surface area contributed by atoms with Crippen molar-refractivity contribution in [3.05, 3.63) is 41.0 Å². The number of rotatable bonds is 2. The lowest BCUT2D eigenvalue weighted by atomic mass is 10.0. The highest BCUT2D eigenvalue weighted by molar-refractivity contribution is 5.92. The van der Waals surface area contributed by atoms with Crippen molar-refractivity contribution < 1.29 is 28.3 Å². The fraction of sp³-hybridized carbons (Fsp3) is 0.368. The molecular weight excluding hydrogens is 352 g/mol. The number of fused-ring (bicyclic) bond motifs is 2. The third-order valence-corrected chi connectivity index (χ3v) is 4.92. The van der Waals surface area contributed by atoms with Crippen molar-refractivity contribution in [2.75, 3.05) is 26.6 Å². The number of aromatic nitrogens is 1. The van der Waals surface area contributed by atoms with Crippen molar-refractivity contribution in [1.29, 1.82) is 0 Å². The molecular formula is C19H18N2O6. The molecule has 8 heteroatoms. The maximum atomic E-state index is 12.9. The maximum Gasteiger partial charge on any atom is 0.292 e. The van der Waals surface area contributed by atoms with E-state index in [1.165, 1.54) is 0 Å². The number of benzene rings is 1. The second-order valence-electron chi connectivity index (χ2n) is 6.56. The van der Waals surface area contributed by atoms with E-state index in [4.69, 9.17) is 23.5 Å². The molecule has 1 amide bonds. The van der Waals surface area contributed by atoms with Crippen LogP contribution in [0.25, 0.3) is 11.3 Å². The summed E-state index contributed by atoms with van der Waals surface area (Å²) >= 11 is 0. The molecule has 0 radical (unpaired) electrons. The summed E-state index contributed by atoms with van der Waals surface area (Å²) in [6, 6.07) is 5.65. The van der Waals surface area contributed by atoms with E-state index >= 15 is 0 Å². The largest absolute Gasteiger partial charge is 0.491 e. The topological polar surface area (TPSA) is 83.3 Å². The lowest BCUT2D eigenvalue weighted by molar-refractivity contribution is -0.133. The Morgan fingerprint density at radius 2 is 1.96 bits per heavy atom. The summed E-state index contributed by atoms with van der Waals surface area (Å²) in [6.07, 6.45) is 0.603. The van der Waals surface area contributed by atoms with Crippen LogP contribution in [0.4, 0.5) is 0 Å². The molecule has 5 rings (SSSR count). The van der Waals surface area contributed by atoms with Gasteiger partial charge in [-0.1, -0.05) is 5.16 Å². The quantitative estimate of drug-likeness (QED) is 0.802. The summed E-state index contributed by atoms with van der Waals surface area (Å²) in [7, 11) is 0. The van der Waals surface area contributed by atoms with Crippen LogP contribution >= 0.6 is 0 Å². The zero-order chi connectivity index (χ0) is 18.4. The molecule has 0 spiro atoms. The number of amides is 1. The lowest BCUT2D eigenvalue weighted by Crippen LogP contribution is -2.38. The number of hydrogen-bond donors (Lipinski definition) is 0. The van der Waals surface area contributed by atoms with Gasteiger partial charge in [0.1, 0.15) is 30.4 Å². The molecule has 0 fully saturated rings. The van der Waals surface area contributed by atoms with Gasteiger partial charge < -0.3 is 28.4 Å². The Morgan fingerprint density at radius 3 is 2.85 bits per heavy atom. The second kappa shape index (κ2) is 6.22. The first-order chi connectivity index (χ1) is 13.2. The highest BCUT2D eigenvalue weighted by Gasteiger charge is 2.32. The molecule has 2 aromatic rings. The van der Waals surface area contributed by atoms with Crippen molar-refractivity contribution in [3.8, 4) is 22.8 Å². The Morgan fingerprint density at radius 1 is 1.11 bits per heavy atom. The van der Waals surface area contributed by atoms with E-state index in [2.05, 4.69) is 5.16 Å². The summed E-state index contributed by atoms with van der Waals surface area (Å²) in [4.78, 5) is 14.6. The fourth-order valence-corrected chi connectivity index (χ4v) is 3.51. The zero-order valence-electron chi connectivity index (χ0n) is 14.8. The van der Waals surface area contributed by atoms with Crippen LogP contribution in [-0.4, -0.2) is 42.5 Å². The average molecular weight is 370 g/mol. The molecule has 0 saturated heterocycles. The molecule has 3 aliphatic heterocycles. The molecule has 0 N–H and O–H groups in total. The Bertz CT molecular complexity index is 948. The number of carbonyl (C=O) groups excluding carboxylic acids is 1. The first-order valence-corrected chi connectivity index (χ1v) is 8.84. The van der Waals surface area contributed by atoms with Crippen LogP contribution in [0.5, 0.6) is 11.5 Å². The maximum absolute atomic E-state index is 12.9. The fourth-order valence-electron chi connectivity index (χ4n) is 3.51. The van der Waals surface area contributed by atoms with Gasteiger partial charge in [-0.25, -0.2) is 0 Å². The Hall–Kier alpha value is -3.16. The number of nitrogens with zero attached hydrogens (tertiary/aromatic N) is 2. The molecule has 1 aromatic carbocycles. The van der Waals surface area contributed by atoms with Crippen molar-refractivity contribution >= 4 is 5.91 Å². The predicted molar refractivity (Wildman–Crippen MR) is 91.8 cm³/mol. The number of allylic oxidation sites excluding steroid dienone is 1. The average Bonchev–Trinajstić information content (AvgIpc) is 3.33. The summed E-state index contributed by atoms with van der Waals surface area (Å²) in [6.45, 7) is 3.76. The molecule has 8 nitrogen and oxygen atoms in total. The number of hydrogen-bond acceptors (Lipinski definition) is 7. The van der Waals surface area contributed by atoms with E-state index in [9.17, 15) is 4.79 Å². The molecule has 140 valence electrons. The lowest BCUT2D eigenvalue weighted by Gasteiger charge is -2.29. The minimum absolute atomic E-state index is 0.171. The van der Waals surface area contributed by atoms with Crippen LogP contribution in [0.3, 0.4) is 0 Å². The SMILES string of the molecule is CC1=C(C(=O)N2CCc3onc(-c4ccc5c(c4)OCO5)c3C2)OCCO1. The van der Waals surface area contributed by atoms with E-state index < -0.39 is 0 Å². The van der Waals surface area contributed by atoms with Crippen molar-refractivity contribution in [2.24, 2.45) is 0 Å². The summed E-state index contributed by atoms with van der Waals surface area (Å²) < 4.78 is 27.3. The van der Waals surface area contributed by atoms with Crippen LogP contribution in [0.15, 0.2) is 34.2 Å². The standard InChI is InChI=1S/C19H18N2O6/c1-11-18(24-7-6-23-11)19(22)21-5-4-14-13(9-21)17(20-27-14)12-2-3-15-16(8-12)26-10-25-15/h2-3,8H,4-7,9-10H2,1H3. The number of carbonyl (C=O) groups is 1. The highest BCUT2D eigenvalue weighted by atomic mass is 16.7. The van der Waals surface area contributed by atoms with Gasteiger partial charge >= 0.3 is 0 Å². The van der Waals surface area contributed by atoms with Crippen LogP contribution < -0.4 is 9.47 Å². The van der Waals surface area contributed by atoms with Crippen molar-refractivity contribution in [3.63, 3.8) is 0 Å².